The quantitative estimate of drug-likeness (QED) is 0.339. The lowest BCUT2D eigenvalue weighted by atomic mass is 10.2. The van der Waals surface area contributed by atoms with Gasteiger partial charge in [0.1, 0.15) is 5.75 Å². The minimum absolute atomic E-state index is 0. The van der Waals surface area contributed by atoms with Crippen molar-refractivity contribution in [3.63, 3.8) is 0 Å². The van der Waals surface area contributed by atoms with Crippen LogP contribution in [-0.4, -0.2) is 55.7 Å². The predicted molar refractivity (Wildman–Crippen MR) is 117 cm³/mol. The largest absolute Gasteiger partial charge is 0.484 e. The molecule has 0 aliphatic carbocycles. The molecule has 0 radical (unpaired) electrons. The highest BCUT2D eigenvalue weighted by Gasteiger charge is 2.29. The molecule has 29 heavy (non-hydrogen) atoms. The first-order valence-corrected chi connectivity index (χ1v) is 9.23. The van der Waals surface area contributed by atoms with E-state index in [4.69, 9.17) is 4.74 Å². The molecule has 1 amide bonds. The van der Waals surface area contributed by atoms with Crippen LogP contribution in [0.2, 0.25) is 0 Å². The third-order valence-corrected chi connectivity index (χ3v) is 4.37. The van der Waals surface area contributed by atoms with Crippen LogP contribution in [0.1, 0.15) is 25.8 Å². The van der Waals surface area contributed by atoms with Crippen molar-refractivity contribution >= 4 is 35.8 Å². The van der Waals surface area contributed by atoms with Crippen LogP contribution in [0.4, 0.5) is 13.2 Å². The Labute approximate surface area is 186 Å². The Balaban J connectivity index is 0.00000420. The molecule has 1 aromatic carbocycles. The van der Waals surface area contributed by atoms with Gasteiger partial charge in [-0.2, -0.15) is 13.2 Å². The molecule has 1 aliphatic rings. The molecule has 1 saturated heterocycles. The van der Waals surface area contributed by atoms with Gasteiger partial charge in [0.15, 0.2) is 12.6 Å². The van der Waals surface area contributed by atoms with Gasteiger partial charge in [-0.1, -0.05) is 32.0 Å². The van der Waals surface area contributed by atoms with Gasteiger partial charge in [0.2, 0.25) is 5.91 Å². The predicted octanol–water partition coefficient (Wildman–Crippen LogP) is 3.17. The van der Waals surface area contributed by atoms with E-state index in [0.29, 0.717) is 24.6 Å². The van der Waals surface area contributed by atoms with Crippen LogP contribution in [0.25, 0.3) is 0 Å². The van der Waals surface area contributed by atoms with Crippen molar-refractivity contribution in [3.8, 4) is 5.75 Å². The second-order valence-corrected chi connectivity index (χ2v) is 7.01. The molecular weight excluding hydrogens is 500 g/mol. The maximum Gasteiger partial charge on any atom is 0.422 e. The van der Waals surface area contributed by atoms with Gasteiger partial charge < -0.3 is 20.3 Å². The van der Waals surface area contributed by atoms with Gasteiger partial charge >= 0.3 is 6.18 Å². The minimum atomic E-state index is -4.39. The smallest absolute Gasteiger partial charge is 0.422 e. The highest BCUT2D eigenvalue weighted by Crippen LogP contribution is 2.22. The summed E-state index contributed by atoms with van der Waals surface area (Å²) in [5, 5.41) is 6.35. The number of aliphatic imine (C=N–C) groups is 1. The van der Waals surface area contributed by atoms with Crippen molar-refractivity contribution in [1.29, 1.82) is 0 Å². The number of ether oxygens (including phenoxy) is 1. The number of amides is 1. The third kappa shape index (κ3) is 8.27. The Morgan fingerprint density at radius 2 is 2.03 bits per heavy atom. The van der Waals surface area contributed by atoms with Crippen LogP contribution in [0.3, 0.4) is 0 Å². The number of halogens is 4. The highest BCUT2D eigenvalue weighted by molar-refractivity contribution is 14.0. The molecule has 0 bridgehead atoms. The number of rotatable bonds is 6. The topological polar surface area (TPSA) is 66.0 Å². The summed E-state index contributed by atoms with van der Waals surface area (Å²) in [5.74, 6) is 0.791. The molecule has 0 spiro atoms. The molecule has 0 saturated carbocycles. The molecule has 6 nitrogen and oxygen atoms in total. The highest BCUT2D eigenvalue weighted by atomic mass is 127. The van der Waals surface area contributed by atoms with Crippen molar-refractivity contribution in [2.24, 2.45) is 10.9 Å². The normalized spacial score (nSPS) is 17.1. The van der Waals surface area contributed by atoms with Crippen LogP contribution in [0.15, 0.2) is 29.3 Å². The zero-order chi connectivity index (χ0) is 20.7. The second kappa shape index (κ2) is 11.5. The number of nitrogens with one attached hydrogen (secondary N) is 2. The Hall–Kier alpha value is -1.72. The third-order valence-electron chi connectivity index (χ3n) is 4.37. The lowest BCUT2D eigenvalue weighted by Crippen LogP contribution is -2.45. The molecule has 10 heteroatoms. The molecule has 1 aliphatic heterocycles. The van der Waals surface area contributed by atoms with Gasteiger partial charge in [-0.15, -0.1) is 24.0 Å². The summed E-state index contributed by atoms with van der Waals surface area (Å²) >= 11 is 0. The minimum Gasteiger partial charge on any atom is -0.484 e. The zero-order valence-electron chi connectivity index (χ0n) is 16.8. The molecule has 0 aromatic heterocycles. The van der Waals surface area contributed by atoms with Crippen LogP contribution in [-0.2, 0) is 11.3 Å². The molecule has 1 fully saturated rings. The van der Waals surface area contributed by atoms with Crippen molar-refractivity contribution in [2.75, 3.05) is 26.7 Å². The summed E-state index contributed by atoms with van der Waals surface area (Å²) < 4.78 is 42.1. The van der Waals surface area contributed by atoms with E-state index >= 15 is 0 Å². The van der Waals surface area contributed by atoms with Gasteiger partial charge in [0.05, 0.1) is 0 Å². The lowest BCUT2D eigenvalue weighted by molar-refractivity contribution is -0.153. The van der Waals surface area contributed by atoms with Crippen LogP contribution in [0.5, 0.6) is 5.75 Å². The summed E-state index contributed by atoms with van der Waals surface area (Å²) in [4.78, 5) is 18.1. The number of guanidine groups is 1. The molecule has 2 N–H and O–H groups in total. The fourth-order valence-electron chi connectivity index (χ4n) is 2.96. The maximum absolute atomic E-state index is 12.4. The Bertz CT molecular complexity index is 698. The van der Waals surface area contributed by atoms with Gasteiger partial charge in [0, 0.05) is 44.2 Å². The van der Waals surface area contributed by atoms with E-state index in [0.717, 1.165) is 6.42 Å². The Morgan fingerprint density at radius 1 is 1.34 bits per heavy atom. The molecule has 1 unspecified atom stereocenters. The zero-order valence-corrected chi connectivity index (χ0v) is 19.1. The first kappa shape index (κ1) is 25.3. The number of hydrogen-bond donors (Lipinski definition) is 2. The van der Waals surface area contributed by atoms with E-state index in [1.807, 2.05) is 18.7 Å². The SMILES string of the molecule is CN=C(NCc1ccccc1OCC(F)(F)F)NC1CCN(C(=O)C(C)C)C1.I. The second-order valence-electron chi connectivity index (χ2n) is 7.01. The van der Waals surface area contributed by atoms with Crippen LogP contribution in [0, 0.1) is 5.92 Å². The molecule has 164 valence electrons. The molecule has 2 rings (SSSR count). The average molecular weight is 528 g/mol. The van der Waals surface area contributed by atoms with E-state index in [2.05, 4.69) is 15.6 Å². The monoisotopic (exact) mass is 528 g/mol. The number of carbonyl (C=O) groups is 1. The standard InChI is InChI=1S/C19H27F3N4O2.HI/c1-13(2)17(27)26-9-8-15(11-26)25-18(23-3)24-10-14-6-4-5-7-16(14)28-12-19(20,21)22;/h4-7,13,15H,8-12H2,1-3H3,(H2,23,24,25);1H. The number of nitrogens with zero attached hydrogens (tertiary/aromatic N) is 2. The summed E-state index contributed by atoms with van der Waals surface area (Å²) in [6, 6.07) is 6.64. The van der Waals surface area contributed by atoms with Crippen molar-refractivity contribution < 1.29 is 22.7 Å². The maximum atomic E-state index is 12.4. The molecular formula is C19H28F3IN4O2. The first-order valence-electron chi connectivity index (χ1n) is 9.23. The summed E-state index contributed by atoms with van der Waals surface area (Å²) in [5.41, 5.74) is 0.595. The van der Waals surface area contributed by atoms with Crippen LogP contribution >= 0.6 is 24.0 Å². The molecule has 1 aromatic rings. The van der Waals surface area contributed by atoms with Gasteiger partial charge in [0.25, 0.3) is 0 Å². The van der Waals surface area contributed by atoms with Crippen molar-refractivity contribution in [3.05, 3.63) is 29.8 Å². The van der Waals surface area contributed by atoms with Crippen molar-refractivity contribution in [1.82, 2.24) is 15.5 Å². The fraction of sp³-hybridized carbons (Fsp3) is 0.579. The number of alkyl halides is 3. The number of hydrogen-bond acceptors (Lipinski definition) is 3. The number of benzene rings is 1. The van der Waals surface area contributed by atoms with E-state index in [-0.39, 0.29) is 54.1 Å². The molecule has 1 atom stereocenters. The van der Waals surface area contributed by atoms with Crippen molar-refractivity contribution in [2.45, 2.75) is 39.0 Å². The number of carbonyl (C=O) groups excluding carboxylic acids is 1. The molecule has 1 heterocycles. The number of para-hydroxylation sites is 1. The van der Waals surface area contributed by atoms with E-state index < -0.39 is 12.8 Å². The lowest BCUT2D eigenvalue weighted by Gasteiger charge is -2.20. The number of likely N-dealkylation sites (tertiary alicyclic amines) is 1. The van der Waals surface area contributed by atoms with E-state index in [9.17, 15) is 18.0 Å². The summed E-state index contributed by atoms with van der Waals surface area (Å²) in [7, 11) is 1.62. The van der Waals surface area contributed by atoms with E-state index in [1.54, 1.807) is 25.2 Å². The van der Waals surface area contributed by atoms with Crippen LogP contribution < -0.4 is 15.4 Å². The van der Waals surface area contributed by atoms with E-state index in [1.165, 1.54) is 6.07 Å². The van der Waals surface area contributed by atoms with Gasteiger partial charge in [-0.05, 0) is 12.5 Å². The Morgan fingerprint density at radius 3 is 2.66 bits per heavy atom. The Kier molecular flexibility index (Phi) is 10.0. The summed E-state index contributed by atoms with van der Waals surface area (Å²) in [6.07, 6.45) is -3.58. The summed E-state index contributed by atoms with van der Waals surface area (Å²) in [6.45, 7) is 3.97. The first-order chi connectivity index (χ1) is 13.2. The van der Waals surface area contributed by atoms with Gasteiger partial charge in [-0.3, -0.25) is 9.79 Å². The van der Waals surface area contributed by atoms with Gasteiger partial charge in [-0.25, -0.2) is 0 Å². The fourth-order valence-corrected chi connectivity index (χ4v) is 2.96. The average Bonchev–Trinajstić information content (AvgIpc) is 3.11.